The molecule has 0 aliphatic carbocycles. The second-order valence-electron chi connectivity index (χ2n) is 7.88. The van der Waals surface area contributed by atoms with Crippen LogP contribution in [-0.4, -0.2) is 32.9 Å². The zero-order chi connectivity index (χ0) is 24.2. The van der Waals surface area contributed by atoms with E-state index in [0.717, 1.165) is 28.2 Å². The number of rotatable bonds is 7. The fourth-order valence-electron chi connectivity index (χ4n) is 3.65. The number of hydrogen-bond donors (Lipinski definition) is 2. The van der Waals surface area contributed by atoms with Crippen LogP contribution in [0.15, 0.2) is 84.2 Å². The van der Waals surface area contributed by atoms with Crippen LogP contribution in [0.2, 0.25) is 0 Å². The van der Waals surface area contributed by atoms with E-state index in [1.54, 1.807) is 25.1 Å². The Morgan fingerprint density at radius 1 is 0.971 bits per heavy atom. The van der Waals surface area contributed by atoms with Crippen molar-refractivity contribution in [2.75, 3.05) is 5.32 Å². The van der Waals surface area contributed by atoms with E-state index in [9.17, 15) is 9.59 Å². The molecule has 2 aromatic heterocycles. The van der Waals surface area contributed by atoms with Crippen LogP contribution in [0.5, 0.6) is 0 Å². The monoisotopic (exact) mass is 482 g/mol. The lowest BCUT2D eigenvalue weighted by Crippen LogP contribution is -2.32. The summed E-state index contributed by atoms with van der Waals surface area (Å²) in [7, 11) is 0. The fraction of sp³-hybridized carbons (Fsp3) is 0.111. The molecule has 0 saturated carbocycles. The normalized spacial score (nSPS) is 11.8. The first-order chi connectivity index (χ1) is 17.1. The highest BCUT2D eigenvalue weighted by Gasteiger charge is 2.23. The number of nitrogens with one attached hydrogen (secondary N) is 2. The third-order valence-corrected chi connectivity index (χ3v) is 6.24. The molecule has 0 radical (unpaired) electrons. The van der Waals surface area contributed by atoms with Crippen molar-refractivity contribution < 1.29 is 14.3 Å². The molecule has 0 saturated heterocycles. The van der Waals surface area contributed by atoms with Crippen LogP contribution < -0.4 is 5.32 Å². The molecule has 5 rings (SSSR count). The highest BCUT2D eigenvalue weighted by Crippen LogP contribution is 2.25. The van der Waals surface area contributed by atoms with Crippen molar-refractivity contribution in [2.45, 2.75) is 19.4 Å². The molecule has 1 amide bonds. The van der Waals surface area contributed by atoms with E-state index in [2.05, 4.69) is 20.3 Å². The lowest BCUT2D eigenvalue weighted by Gasteiger charge is -2.15. The minimum absolute atomic E-state index is 0.332. The number of nitrogens with zero attached hydrogens (tertiary/aromatic N) is 2. The number of imidazole rings is 1. The molecule has 1 unspecified atom stereocenters. The minimum atomic E-state index is -0.941. The number of thiazole rings is 1. The number of carbonyl (C=O) groups is 2. The van der Waals surface area contributed by atoms with E-state index >= 15 is 0 Å². The van der Waals surface area contributed by atoms with Gasteiger partial charge in [-0.05, 0) is 24.6 Å². The predicted octanol–water partition coefficient (Wildman–Crippen LogP) is 5.93. The van der Waals surface area contributed by atoms with Gasteiger partial charge in [0, 0.05) is 16.5 Å². The number of aromatic nitrogens is 3. The molecule has 0 aliphatic rings. The van der Waals surface area contributed by atoms with Crippen LogP contribution in [0.3, 0.4) is 0 Å². The Balaban J connectivity index is 1.27. The lowest BCUT2D eigenvalue weighted by atomic mass is 10.2. The molecule has 0 fully saturated rings. The van der Waals surface area contributed by atoms with Crippen LogP contribution in [0, 0.1) is 0 Å². The Morgan fingerprint density at radius 3 is 2.40 bits per heavy atom. The summed E-state index contributed by atoms with van der Waals surface area (Å²) in [6.07, 6.45) is -0.609. The molecule has 0 spiro atoms. The van der Waals surface area contributed by atoms with Crippen molar-refractivity contribution in [1.29, 1.82) is 0 Å². The van der Waals surface area contributed by atoms with Gasteiger partial charge in [-0.15, -0.1) is 11.3 Å². The molecular weight excluding hydrogens is 460 g/mol. The topological polar surface area (TPSA) is 97.0 Å². The third kappa shape index (κ3) is 4.97. The molecule has 35 heavy (non-hydrogen) atoms. The molecule has 1 atom stereocenters. The quantitative estimate of drug-likeness (QED) is 0.280. The number of hydrogen-bond acceptors (Lipinski definition) is 6. The standard InChI is InChI=1S/C27H22N4O3S/c1-2-23(25(32)31-27-30-22(16-35-27)17-9-5-3-6-10-17)34-26(33)19-13-14-20-21(15-19)29-24(28-20)18-11-7-4-8-12-18/h3-16,23H,2H2,1H3,(H,28,29)(H,30,31,32). The average molecular weight is 483 g/mol. The summed E-state index contributed by atoms with van der Waals surface area (Å²) in [5.74, 6) is -0.270. The van der Waals surface area contributed by atoms with Crippen molar-refractivity contribution in [3.8, 4) is 22.6 Å². The largest absolute Gasteiger partial charge is 0.449 e. The number of esters is 1. The Hall–Kier alpha value is -4.30. The van der Waals surface area contributed by atoms with Gasteiger partial charge in [0.15, 0.2) is 11.2 Å². The Labute approximate surface area is 205 Å². The molecule has 0 bridgehead atoms. The molecule has 174 valence electrons. The van der Waals surface area contributed by atoms with Gasteiger partial charge < -0.3 is 9.72 Å². The summed E-state index contributed by atoms with van der Waals surface area (Å²) >= 11 is 1.32. The summed E-state index contributed by atoms with van der Waals surface area (Å²) in [6.45, 7) is 1.79. The van der Waals surface area contributed by atoms with Gasteiger partial charge >= 0.3 is 5.97 Å². The van der Waals surface area contributed by atoms with E-state index in [1.165, 1.54) is 11.3 Å². The maximum absolute atomic E-state index is 12.8. The number of benzene rings is 3. The summed E-state index contributed by atoms with van der Waals surface area (Å²) in [4.78, 5) is 37.9. The highest BCUT2D eigenvalue weighted by atomic mass is 32.1. The second-order valence-corrected chi connectivity index (χ2v) is 8.74. The van der Waals surface area contributed by atoms with E-state index in [1.807, 2.05) is 66.0 Å². The smallest absolute Gasteiger partial charge is 0.338 e. The zero-order valence-electron chi connectivity index (χ0n) is 18.9. The van der Waals surface area contributed by atoms with Crippen molar-refractivity contribution in [2.24, 2.45) is 0 Å². The SMILES string of the molecule is CCC(OC(=O)c1ccc2nc(-c3ccccc3)[nH]c2c1)C(=O)Nc1nc(-c2ccccc2)cs1. The van der Waals surface area contributed by atoms with Gasteiger partial charge in [-0.1, -0.05) is 67.6 Å². The Bertz CT molecular complexity index is 1480. The molecular formula is C27H22N4O3S. The first-order valence-electron chi connectivity index (χ1n) is 11.2. The minimum Gasteiger partial charge on any atom is -0.449 e. The van der Waals surface area contributed by atoms with Crippen molar-refractivity contribution in [3.63, 3.8) is 0 Å². The molecule has 2 N–H and O–H groups in total. The number of aromatic amines is 1. The van der Waals surface area contributed by atoms with Crippen LogP contribution >= 0.6 is 11.3 Å². The third-order valence-electron chi connectivity index (χ3n) is 5.48. The number of carbonyl (C=O) groups excluding carboxylic acids is 2. The van der Waals surface area contributed by atoms with Gasteiger partial charge in [-0.25, -0.2) is 14.8 Å². The first kappa shape index (κ1) is 22.5. The number of amides is 1. The molecule has 7 nitrogen and oxygen atoms in total. The van der Waals surface area contributed by atoms with E-state index in [0.29, 0.717) is 22.6 Å². The number of fused-ring (bicyclic) bond motifs is 1. The molecule has 5 aromatic rings. The van der Waals surface area contributed by atoms with Crippen molar-refractivity contribution in [1.82, 2.24) is 15.0 Å². The Morgan fingerprint density at radius 2 is 1.69 bits per heavy atom. The maximum Gasteiger partial charge on any atom is 0.338 e. The number of anilines is 1. The van der Waals surface area contributed by atoms with E-state index < -0.39 is 18.0 Å². The Kier molecular flexibility index (Phi) is 6.36. The van der Waals surface area contributed by atoms with Gasteiger partial charge in [0.2, 0.25) is 0 Å². The fourth-order valence-corrected chi connectivity index (χ4v) is 4.37. The van der Waals surface area contributed by atoms with Gasteiger partial charge in [0.25, 0.3) is 5.91 Å². The van der Waals surface area contributed by atoms with Gasteiger partial charge in [-0.2, -0.15) is 0 Å². The van der Waals surface area contributed by atoms with Gasteiger partial charge in [-0.3, -0.25) is 10.1 Å². The molecule has 3 aromatic carbocycles. The maximum atomic E-state index is 12.8. The average Bonchev–Trinajstić information content (AvgIpc) is 3.55. The van der Waals surface area contributed by atoms with Crippen LogP contribution in [0.25, 0.3) is 33.7 Å². The number of H-pyrrole nitrogens is 1. The van der Waals surface area contributed by atoms with Gasteiger partial charge in [0.1, 0.15) is 5.82 Å². The van der Waals surface area contributed by atoms with Crippen LogP contribution in [-0.2, 0) is 9.53 Å². The van der Waals surface area contributed by atoms with Crippen LogP contribution in [0.1, 0.15) is 23.7 Å². The van der Waals surface area contributed by atoms with Gasteiger partial charge in [0.05, 0.1) is 22.3 Å². The molecule has 2 heterocycles. The van der Waals surface area contributed by atoms with Crippen LogP contribution in [0.4, 0.5) is 5.13 Å². The summed E-state index contributed by atoms with van der Waals surface area (Å²) in [6, 6.07) is 24.6. The predicted molar refractivity (Wildman–Crippen MR) is 137 cm³/mol. The van der Waals surface area contributed by atoms with Crippen molar-refractivity contribution in [3.05, 3.63) is 89.8 Å². The summed E-state index contributed by atoms with van der Waals surface area (Å²) < 4.78 is 5.54. The van der Waals surface area contributed by atoms with E-state index in [4.69, 9.17) is 4.74 Å². The highest BCUT2D eigenvalue weighted by molar-refractivity contribution is 7.14. The first-order valence-corrected chi connectivity index (χ1v) is 12.1. The summed E-state index contributed by atoms with van der Waals surface area (Å²) in [5, 5.41) is 5.10. The molecule has 8 heteroatoms. The lowest BCUT2D eigenvalue weighted by molar-refractivity contribution is -0.124. The van der Waals surface area contributed by atoms with E-state index in [-0.39, 0.29) is 0 Å². The second kappa shape index (κ2) is 9.90. The van der Waals surface area contributed by atoms with Crippen molar-refractivity contribution >= 4 is 39.4 Å². The zero-order valence-corrected chi connectivity index (χ0v) is 19.7. The number of ether oxygens (including phenoxy) is 1. The molecule has 0 aliphatic heterocycles. The summed E-state index contributed by atoms with van der Waals surface area (Å²) in [5.41, 5.74) is 4.49.